The number of benzene rings is 1. The zero-order valence-electron chi connectivity index (χ0n) is 9.98. The second kappa shape index (κ2) is 5.14. The molecule has 5 heteroatoms. The van der Waals surface area contributed by atoms with Crippen molar-refractivity contribution in [3.8, 4) is 0 Å². The van der Waals surface area contributed by atoms with Gasteiger partial charge in [0.1, 0.15) is 0 Å². The molecule has 0 aliphatic carbocycles. The van der Waals surface area contributed by atoms with E-state index in [1.165, 1.54) is 0 Å². The predicted molar refractivity (Wildman–Crippen MR) is 67.5 cm³/mol. The van der Waals surface area contributed by atoms with Gasteiger partial charge in [-0.1, -0.05) is 0 Å². The molecule has 17 heavy (non-hydrogen) atoms. The summed E-state index contributed by atoms with van der Waals surface area (Å²) >= 11 is 0. The lowest BCUT2D eigenvalue weighted by molar-refractivity contribution is -0.384. The SMILES string of the molecule is Cc1cc(N2CCCNCC2)cc([N+](=O)[O-])c1. The molecule has 0 aromatic heterocycles. The van der Waals surface area contributed by atoms with E-state index in [0.717, 1.165) is 43.9 Å². The average molecular weight is 235 g/mol. The zero-order valence-corrected chi connectivity index (χ0v) is 9.98. The van der Waals surface area contributed by atoms with Crippen LogP contribution in [-0.4, -0.2) is 31.1 Å². The van der Waals surface area contributed by atoms with Crippen molar-refractivity contribution in [3.05, 3.63) is 33.9 Å². The molecule has 0 saturated carbocycles. The van der Waals surface area contributed by atoms with E-state index in [0.29, 0.717) is 0 Å². The Balaban J connectivity index is 2.27. The van der Waals surface area contributed by atoms with Crippen LogP contribution in [0.25, 0.3) is 0 Å². The van der Waals surface area contributed by atoms with Crippen LogP contribution in [0, 0.1) is 17.0 Å². The molecule has 0 bridgehead atoms. The molecule has 1 aromatic carbocycles. The van der Waals surface area contributed by atoms with Crippen molar-refractivity contribution in [3.63, 3.8) is 0 Å². The Kier molecular flexibility index (Phi) is 3.58. The van der Waals surface area contributed by atoms with Gasteiger partial charge in [0.15, 0.2) is 0 Å². The highest BCUT2D eigenvalue weighted by Gasteiger charge is 2.14. The third-order valence-corrected chi connectivity index (χ3v) is 2.96. The van der Waals surface area contributed by atoms with E-state index in [9.17, 15) is 10.1 Å². The molecule has 2 rings (SSSR count). The zero-order chi connectivity index (χ0) is 12.3. The van der Waals surface area contributed by atoms with Crippen LogP contribution >= 0.6 is 0 Å². The van der Waals surface area contributed by atoms with E-state index in [4.69, 9.17) is 0 Å². The van der Waals surface area contributed by atoms with Gasteiger partial charge in [0.05, 0.1) is 4.92 Å². The minimum atomic E-state index is -0.327. The Bertz CT molecular complexity index is 412. The maximum absolute atomic E-state index is 10.8. The first kappa shape index (κ1) is 11.9. The van der Waals surface area contributed by atoms with Gasteiger partial charge in [-0.3, -0.25) is 10.1 Å². The van der Waals surface area contributed by atoms with Gasteiger partial charge in [0.2, 0.25) is 0 Å². The summed E-state index contributed by atoms with van der Waals surface area (Å²) in [6, 6.07) is 5.29. The molecule has 1 aromatic rings. The number of nitrogens with zero attached hydrogens (tertiary/aromatic N) is 2. The molecule has 0 radical (unpaired) electrons. The first-order valence-electron chi connectivity index (χ1n) is 5.88. The first-order chi connectivity index (χ1) is 8.16. The van der Waals surface area contributed by atoms with Crippen molar-refractivity contribution in [1.29, 1.82) is 0 Å². The van der Waals surface area contributed by atoms with Gasteiger partial charge in [0, 0.05) is 37.5 Å². The van der Waals surface area contributed by atoms with Gasteiger partial charge in [-0.15, -0.1) is 0 Å². The Morgan fingerprint density at radius 2 is 2.12 bits per heavy atom. The van der Waals surface area contributed by atoms with Gasteiger partial charge in [-0.25, -0.2) is 0 Å². The normalized spacial score (nSPS) is 16.6. The number of non-ortho nitro benzene ring substituents is 1. The van der Waals surface area contributed by atoms with E-state index in [2.05, 4.69) is 10.2 Å². The minimum absolute atomic E-state index is 0.178. The third kappa shape index (κ3) is 2.94. The van der Waals surface area contributed by atoms with Crippen molar-refractivity contribution >= 4 is 11.4 Å². The van der Waals surface area contributed by atoms with Gasteiger partial charge >= 0.3 is 0 Å². The Hall–Kier alpha value is -1.62. The van der Waals surface area contributed by atoms with Gasteiger partial charge < -0.3 is 10.2 Å². The van der Waals surface area contributed by atoms with Crippen LogP contribution in [0.15, 0.2) is 18.2 Å². The van der Waals surface area contributed by atoms with Crippen molar-refractivity contribution in [2.45, 2.75) is 13.3 Å². The molecule has 1 aliphatic heterocycles. The fraction of sp³-hybridized carbons (Fsp3) is 0.500. The first-order valence-corrected chi connectivity index (χ1v) is 5.88. The highest BCUT2D eigenvalue weighted by Crippen LogP contribution is 2.24. The Labute approximate surface area is 101 Å². The molecule has 0 atom stereocenters. The van der Waals surface area contributed by atoms with E-state index < -0.39 is 0 Å². The van der Waals surface area contributed by atoms with Crippen molar-refractivity contribution in [2.24, 2.45) is 0 Å². The van der Waals surface area contributed by atoms with Crippen LogP contribution < -0.4 is 10.2 Å². The number of rotatable bonds is 2. The summed E-state index contributed by atoms with van der Waals surface area (Å²) in [6.45, 7) is 5.70. The van der Waals surface area contributed by atoms with E-state index in [-0.39, 0.29) is 10.6 Å². The Morgan fingerprint density at radius 1 is 1.29 bits per heavy atom. The number of nitrogens with one attached hydrogen (secondary N) is 1. The third-order valence-electron chi connectivity index (χ3n) is 2.96. The summed E-state index contributed by atoms with van der Waals surface area (Å²) in [5.41, 5.74) is 2.07. The van der Waals surface area contributed by atoms with Crippen LogP contribution in [0.2, 0.25) is 0 Å². The molecule has 5 nitrogen and oxygen atoms in total. The lowest BCUT2D eigenvalue weighted by Crippen LogP contribution is -2.27. The summed E-state index contributed by atoms with van der Waals surface area (Å²) in [6.07, 6.45) is 1.07. The lowest BCUT2D eigenvalue weighted by atomic mass is 10.1. The predicted octanol–water partition coefficient (Wildman–Crippen LogP) is 1.70. The van der Waals surface area contributed by atoms with Gasteiger partial charge in [-0.2, -0.15) is 0 Å². The van der Waals surface area contributed by atoms with Crippen LogP contribution in [0.3, 0.4) is 0 Å². The number of anilines is 1. The smallest absolute Gasteiger partial charge is 0.271 e. The fourth-order valence-electron chi connectivity index (χ4n) is 2.13. The number of nitro benzene ring substituents is 1. The van der Waals surface area contributed by atoms with Gasteiger partial charge in [0.25, 0.3) is 5.69 Å². The topological polar surface area (TPSA) is 58.4 Å². The second-order valence-electron chi connectivity index (χ2n) is 4.37. The maximum Gasteiger partial charge on any atom is 0.271 e. The standard InChI is InChI=1S/C12H17N3O2/c1-10-7-11(9-12(8-10)15(16)17)14-5-2-3-13-4-6-14/h7-9,13H,2-6H2,1H3. The highest BCUT2D eigenvalue weighted by molar-refractivity contribution is 5.55. The van der Waals surface area contributed by atoms with Crippen molar-refractivity contribution < 1.29 is 4.92 Å². The molecule has 1 heterocycles. The van der Waals surface area contributed by atoms with Gasteiger partial charge in [-0.05, 0) is 31.5 Å². The molecular weight excluding hydrogens is 218 g/mol. The molecule has 0 unspecified atom stereocenters. The number of hydrogen-bond donors (Lipinski definition) is 1. The number of aryl methyl sites for hydroxylation is 1. The average Bonchev–Trinajstić information content (AvgIpc) is 2.56. The Morgan fingerprint density at radius 3 is 2.88 bits per heavy atom. The molecule has 0 spiro atoms. The molecular formula is C12H17N3O2. The number of nitro groups is 1. The van der Waals surface area contributed by atoms with Crippen LogP contribution in [0.5, 0.6) is 0 Å². The highest BCUT2D eigenvalue weighted by atomic mass is 16.6. The monoisotopic (exact) mass is 235 g/mol. The van der Waals surface area contributed by atoms with Crippen LogP contribution in [0.1, 0.15) is 12.0 Å². The quantitative estimate of drug-likeness (QED) is 0.626. The van der Waals surface area contributed by atoms with E-state index in [1.54, 1.807) is 12.1 Å². The molecule has 1 aliphatic rings. The summed E-state index contributed by atoms with van der Waals surface area (Å²) in [5.74, 6) is 0. The van der Waals surface area contributed by atoms with Crippen LogP contribution in [-0.2, 0) is 0 Å². The van der Waals surface area contributed by atoms with Crippen molar-refractivity contribution in [2.75, 3.05) is 31.1 Å². The summed E-state index contributed by atoms with van der Waals surface area (Å²) in [5, 5.41) is 14.2. The summed E-state index contributed by atoms with van der Waals surface area (Å²) in [7, 11) is 0. The number of hydrogen-bond acceptors (Lipinski definition) is 4. The molecule has 92 valence electrons. The summed E-state index contributed by atoms with van der Waals surface area (Å²) < 4.78 is 0. The molecule has 1 N–H and O–H groups in total. The van der Waals surface area contributed by atoms with Crippen molar-refractivity contribution in [1.82, 2.24) is 5.32 Å². The lowest BCUT2D eigenvalue weighted by Gasteiger charge is -2.22. The second-order valence-corrected chi connectivity index (χ2v) is 4.37. The largest absolute Gasteiger partial charge is 0.370 e. The van der Waals surface area contributed by atoms with E-state index in [1.807, 2.05) is 13.0 Å². The molecule has 1 fully saturated rings. The van der Waals surface area contributed by atoms with E-state index >= 15 is 0 Å². The molecule has 0 amide bonds. The fourth-order valence-corrected chi connectivity index (χ4v) is 2.13. The minimum Gasteiger partial charge on any atom is -0.370 e. The molecule has 1 saturated heterocycles. The maximum atomic E-state index is 10.8. The van der Waals surface area contributed by atoms with Crippen LogP contribution in [0.4, 0.5) is 11.4 Å². The summed E-state index contributed by atoms with van der Waals surface area (Å²) in [4.78, 5) is 12.7.